The summed E-state index contributed by atoms with van der Waals surface area (Å²) in [5.41, 5.74) is 7.02. The van der Waals surface area contributed by atoms with E-state index in [1.165, 1.54) is 19.3 Å². The summed E-state index contributed by atoms with van der Waals surface area (Å²) >= 11 is 12.1. The van der Waals surface area contributed by atoms with E-state index in [1.807, 2.05) is 12.1 Å². The lowest BCUT2D eigenvalue weighted by atomic mass is 9.85. The second kappa shape index (κ2) is 6.25. The van der Waals surface area contributed by atoms with Crippen LogP contribution in [0.3, 0.4) is 0 Å². The number of likely N-dealkylation sites (N-methyl/N-ethyl adjacent to an activating group) is 1. The van der Waals surface area contributed by atoms with Crippen molar-refractivity contribution in [1.82, 2.24) is 4.90 Å². The Labute approximate surface area is 119 Å². The van der Waals surface area contributed by atoms with Gasteiger partial charge in [0.15, 0.2) is 0 Å². The van der Waals surface area contributed by atoms with Crippen LogP contribution in [0.4, 0.5) is 0 Å². The zero-order valence-electron chi connectivity index (χ0n) is 10.7. The smallest absolute Gasteiger partial charge is 0.0468 e. The number of halogens is 2. The van der Waals surface area contributed by atoms with Gasteiger partial charge in [0.25, 0.3) is 0 Å². The molecule has 0 saturated heterocycles. The number of hydrogen-bond donors (Lipinski definition) is 1. The first-order chi connectivity index (χ1) is 8.60. The van der Waals surface area contributed by atoms with Crippen LogP contribution in [0.1, 0.15) is 30.9 Å². The Balaban J connectivity index is 2.10. The molecule has 1 aromatic rings. The first-order valence-electron chi connectivity index (χ1n) is 6.46. The molecule has 2 N–H and O–H groups in total. The fourth-order valence-corrected chi connectivity index (χ4v) is 3.09. The van der Waals surface area contributed by atoms with Gasteiger partial charge < -0.3 is 5.73 Å². The van der Waals surface area contributed by atoms with Gasteiger partial charge in [-0.15, -0.1) is 0 Å². The molecule has 0 aliphatic heterocycles. The van der Waals surface area contributed by atoms with Crippen molar-refractivity contribution in [3.63, 3.8) is 0 Å². The van der Waals surface area contributed by atoms with E-state index in [4.69, 9.17) is 28.9 Å². The highest BCUT2D eigenvalue weighted by molar-refractivity contribution is 6.34. The van der Waals surface area contributed by atoms with Crippen molar-refractivity contribution in [3.8, 4) is 0 Å². The van der Waals surface area contributed by atoms with Gasteiger partial charge in [-0.25, -0.2) is 0 Å². The summed E-state index contributed by atoms with van der Waals surface area (Å²) in [5.74, 6) is 0.832. The van der Waals surface area contributed by atoms with Gasteiger partial charge in [-0.2, -0.15) is 0 Å². The molecule has 1 unspecified atom stereocenters. The lowest BCUT2D eigenvalue weighted by Gasteiger charge is -2.34. The van der Waals surface area contributed by atoms with E-state index in [1.54, 1.807) is 6.07 Å². The maximum absolute atomic E-state index is 6.06. The second-order valence-electron chi connectivity index (χ2n) is 5.19. The Kier molecular flexibility index (Phi) is 4.91. The third-order valence-electron chi connectivity index (χ3n) is 3.80. The third kappa shape index (κ3) is 3.39. The largest absolute Gasteiger partial charge is 0.329 e. The van der Waals surface area contributed by atoms with Crippen molar-refractivity contribution < 1.29 is 0 Å². The van der Waals surface area contributed by atoms with Crippen LogP contribution in [0.2, 0.25) is 10.0 Å². The zero-order valence-corrected chi connectivity index (χ0v) is 12.2. The minimum Gasteiger partial charge on any atom is -0.329 e. The number of nitrogens with zero attached hydrogens (tertiary/aromatic N) is 1. The van der Waals surface area contributed by atoms with E-state index in [-0.39, 0.29) is 6.04 Å². The van der Waals surface area contributed by atoms with E-state index in [2.05, 4.69) is 11.9 Å². The van der Waals surface area contributed by atoms with Crippen molar-refractivity contribution in [2.24, 2.45) is 11.7 Å². The molecule has 1 aromatic carbocycles. The van der Waals surface area contributed by atoms with Gasteiger partial charge in [0.05, 0.1) is 0 Å². The lowest BCUT2D eigenvalue weighted by Crippen LogP contribution is -2.36. The van der Waals surface area contributed by atoms with Crippen molar-refractivity contribution in [1.29, 1.82) is 0 Å². The molecule has 0 heterocycles. The second-order valence-corrected chi connectivity index (χ2v) is 6.06. The molecule has 1 saturated carbocycles. The van der Waals surface area contributed by atoms with E-state index in [0.29, 0.717) is 16.6 Å². The zero-order chi connectivity index (χ0) is 13.1. The fraction of sp³-hybridized carbons (Fsp3) is 0.571. The van der Waals surface area contributed by atoms with Gasteiger partial charge in [-0.3, -0.25) is 4.90 Å². The molecule has 4 heteroatoms. The summed E-state index contributed by atoms with van der Waals surface area (Å²) < 4.78 is 0. The molecule has 100 valence electrons. The molecule has 2 nitrogen and oxygen atoms in total. The van der Waals surface area contributed by atoms with Crippen molar-refractivity contribution in [2.45, 2.75) is 25.3 Å². The SMILES string of the molecule is CN(CC1CCC1)C(CN)c1cc(Cl)cc(Cl)c1. The summed E-state index contributed by atoms with van der Waals surface area (Å²) in [7, 11) is 2.13. The minimum absolute atomic E-state index is 0.196. The summed E-state index contributed by atoms with van der Waals surface area (Å²) in [5, 5.41) is 1.35. The van der Waals surface area contributed by atoms with Crippen LogP contribution in [0.5, 0.6) is 0 Å². The number of rotatable bonds is 5. The topological polar surface area (TPSA) is 29.3 Å². The highest BCUT2D eigenvalue weighted by Gasteiger charge is 2.23. The number of hydrogen-bond acceptors (Lipinski definition) is 2. The maximum Gasteiger partial charge on any atom is 0.0468 e. The molecule has 0 aromatic heterocycles. The monoisotopic (exact) mass is 286 g/mol. The molecular weight excluding hydrogens is 267 g/mol. The molecule has 0 amide bonds. The van der Waals surface area contributed by atoms with E-state index < -0.39 is 0 Å². The molecule has 0 radical (unpaired) electrons. The Bertz CT molecular complexity index is 385. The molecule has 2 rings (SSSR count). The van der Waals surface area contributed by atoms with Crippen LogP contribution in [-0.2, 0) is 0 Å². The highest BCUT2D eigenvalue weighted by atomic mass is 35.5. The Morgan fingerprint density at radius 1 is 1.28 bits per heavy atom. The van der Waals surface area contributed by atoms with E-state index >= 15 is 0 Å². The quantitative estimate of drug-likeness (QED) is 0.894. The average molecular weight is 287 g/mol. The van der Waals surface area contributed by atoms with E-state index in [9.17, 15) is 0 Å². The predicted molar refractivity (Wildman–Crippen MR) is 78.2 cm³/mol. The van der Waals surface area contributed by atoms with Gasteiger partial charge in [0.2, 0.25) is 0 Å². The fourth-order valence-electron chi connectivity index (χ4n) is 2.55. The van der Waals surface area contributed by atoms with E-state index in [0.717, 1.165) is 18.0 Å². The van der Waals surface area contributed by atoms with Gasteiger partial charge >= 0.3 is 0 Å². The van der Waals surface area contributed by atoms with Crippen LogP contribution in [0, 0.1) is 5.92 Å². The molecule has 0 bridgehead atoms. The first-order valence-corrected chi connectivity index (χ1v) is 7.22. The highest BCUT2D eigenvalue weighted by Crippen LogP contribution is 2.31. The van der Waals surface area contributed by atoms with Crippen molar-refractivity contribution in [3.05, 3.63) is 33.8 Å². The third-order valence-corrected chi connectivity index (χ3v) is 4.23. The standard InChI is InChI=1S/C14H20Cl2N2/c1-18(9-10-3-2-4-10)14(8-17)11-5-12(15)7-13(16)6-11/h5-7,10,14H,2-4,8-9,17H2,1H3. The molecular formula is C14H20Cl2N2. The Morgan fingerprint density at radius 3 is 2.33 bits per heavy atom. The first kappa shape index (κ1) is 14.1. The van der Waals surface area contributed by atoms with Crippen LogP contribution >= 0.6 is 23.2 Å². The van der Waals surface area contributed by atoms with Crippen LogP contribution in [0.25, 0.3) is 0 Å². The number of nitrogens with two attached hydrogens (primary N) is 1. The minimum atomic E-state index is 0.196. The normalized spacial score (nSPS) is 17.8. The molecule has 1 fully saturated rings. The molecule has 18 heavy (non-hydrogen) atoms. The summed E-state index contributed by atoms with van der Waals surface area (Å²) in [6.07, 6.45) is 4.06. The van der Waals surface area contributed by atoms with Crippen molar-refractivity contribution >= 4 is 23.2 Å². The van der Waals surface area contributed by atoms with Gasteiger partial charge in [0, 0.05) is 29.2 Å². The Morgan fingerprint density at radius 2 is 1.89 bits per heavy atom. The van der Waals surface area contributed by atoms with Gasteiger partial charge in [0.1, 0.15) is 0 Å². The summed E-state index contributed by atoms with van der Waals surface area (Å²) in [6, 6.07) is 5.87. The summed E-state index contributed by atoms with van der Waals surface area (Å²) in [6.45, 7) is 1.69. The average Bonchev–Trinajstić information content (AvgIpc) is 2.23. The van der Waals surface area contributed by atoms with Crippen LogP contribution in [-0.4, -0.2) is 25.0 Å². The lowest BCUT2D eigenvalue weighted by molar-refractivity contribution is 0.165. The molecule has 1 aliphatic carbocycles. The predicted octanol–water partition coefficient (Wildman–Crippen LogP) is 3.73. The molecule has 1 atom stereocenters. The number of benzene rings is 1. The summed E-state index contributed by atoms with van der Waals surface area (Å²) in [4.78, 5) is 2.33. The van der Waals surface area contributed by atoms with Gasteiger partial charge in [-0.05, 0) is 49.6 Å². The molecule has 0 spiro atoms. The molecule has 1 aliphatic rings. The van der Waals surface area contributed by atoms with Crippen LogP contribution in [0.15, 0.2) is 18.2 Å². The van der Waals surface area contributed by atoms with Crippen molar-refractivity contribution in [2.75, 3.05) is 20.1 Å². The maximum atomic E-state index is 6.06. The van der Waals surface area contributed by atoms with Crippen LogP contribution < -0.4 is 5.73 Å². The van der Waals surface area contributed by atoms with Gasteiger partial charge in [-0.1, -0.05) is 29.6 Å². The Hall–Kier alpha value is -0.280.